The Hall–Kier alpha value is -2.54. The topological polar surface area (TPSA) is 75.7 Å². The van der Waals surface area contributed by atoms with E-state index in [0.29, 0.717) is 17.1 Å². The molecule has 0 fully saturated rings. The average molecular weight is 346 g/mol. The van der Waals surface area contributed by atoms with Crippen LogP contribution in [0.1, 0.15) is 12.0 Å². The Morgan fingerprint density at radius 1 is 1.17 bits per heavy atom. The standard InChI is InChI=1S/C17H18N2O4S/c1-12-5-3-4-6-14(12)18-24(21,22)13-7-8-16-15(11-13)19(2)17(20)9-10-23-16/h3-8,11,18H,9-10H2,1-2H3. The Morgan fingerprint density at radius 3 is 2.67 bits per heavy atom. The second-order valence-corrected chi connectivity index (χ2v) is 7.28. The van der Waals surface area contributed by atoms with Gasteiger partial charge in [-0.15, -0.1) is 0 Å². The van der Waals surface area contributed by atoms with Gasteiger partial charge in [-0.1, -0.05) is 18.2 Å². The van der Waals surface area contributed by atoms with Crippen LogP contribution in [0.25, 0.3) is 0 Å². The smallest absolute Gasteiger partial charge is 0.261 e. The number of amides is 1. The molecule has 1 N–H and O–H groups in total. The Kier molecular flexibility index (Phi) is 4.19. The van der Waals surface area contributed by atoms with Gasteiger partial charge in [0.2, 0.25) is 5.91 Å². The number of hydrogen-bond acceptors (Lipinski definition) is 4. The van der Waals surface area contributed by atoms with E-state index in [1.807, 2.05) is 19.1 Å². The SMILES string of the molecule is Cc1ccccc1NS(=O)(=O)c1ccc2c(c1)N(C)C(=O)CCO2. The summed E-state index contributed by atoms with van der Waals surface area (Å²) in [7, 11) is -2.15. The Bertz CT molecular complexity index is 893. The van der Waals surface area contributed by atoms with Crippen LogP contribution in [0.2, 0.25) is 0 Å². The maximum absolute atomic E-state index is 12.7. The number of para-hydroxylation sites is 1. The lowest BCUT2D eigenvalue weighted by molar-refractivity contribution is -0.118. The van der Waals surface area contributed by atoms with Crippen LogP contribution in [0.5, 0.6) is 5.75 Å². The summed E-state index contributed by atoms with van der Waals surface area (Å²) in [5.41, 5.74) is 1.80. The van der Waals surface area contributed by atoms with Crippen LogP contribution in [0.4, 0.5) is 11.4 Å². The first-order chi connectivity index (χ1) is 11.4. The Labute approximate surface area is 141 Å². The van der Waals surface area contributed by atoms with Gasteiger partial charge in [0.25, 0.3) is 10.0 Å². The van der Waals surface area contributed by atoms with Crippen molar-refractivity contribution in [1.82, 2.24) is 0 Å². The summed E-state index contributed by atoms with van der Waals surface area (Å²) in [6.45, 7) is 2.11. The predicted molar refractivity (Wildman–Crippen MR) is 92.0 cm³/mol. The van der Waals surface area contributed by atoms with Gasteiger partial charge in [0.1, 0.15) is 5.75 Å². The lowest BCUT2D eigenvalue weighted by atomic mass is 10.2. The fourth-order valence-corrected chi connectivity index (χ4v) is 3.64. The summed E-state index contributed by atoms with van der Waals surface area (Å²) >= 11 is 0. The summed E-state index contributed by atoms with van der Waals surface area (Å²) < 4.78 is 33.4. The van der Waals surface area contributed by atoms with Crippen molar-refractivity contribution in [1.29, 1.82) is 0 Å². The van der Waals surface area contributed by atoms with Crippen molar-refractivity contribution in [3.8, 4) is 5.75 Å². The minimum absolute atomic E-state index is 0.0784. The molecular weight excluding hydrogens is 328 g/mol. The summed E-state index contributed by atoms with van der Waals surface area (Å²) in [5.74, 6) is 0.383. The third kappa shape index (κ3) is 3.07. The second-order valence-electron chi connectivity index (χ2n) is 5.60. The number of anilines is 2. The van der Waals surface area contributed by atoms with E-state index in [0.717, 1.165) is 5.56 Å². The van der Waals surface area contributed by atoms with Crippen molar-refractivity contribution < 1.29 is 17.9 Å². The van der Waals surface area contributed by atoms with Crippen molar-refractivity contribution in [2.75, 3.05) is 23.3 Å². The largest absolute Gasteiger partial charge is 0.491 e. The van der Waals surface area contributed by atoms with E-state index >= 15 is 0 Å². The van der Waals surface area contributed by atoms with Crippen molar-refractivity contribution in [2.24, 2.45) is 0 Å². The first-order valence-corrected chi connectivity index (χ1v) is 8.99. The number of aryl methyl sites for hydroxylation is 1. The Morgan fingerprint density at radius 2 is 1.92 bits per heavy atom. The molecule has 126 valence electrons. The summed E-state index contributed by atoms with van der Waals surface area (Å²) in [6.07, 6.45) is 0.259. The maximum Gasteiger partial charge on any atom is 0.261 e. The third-order valence-electron chi connectivity index (χ3n) is 3.94. The molecule has 1 aliphatic rings. The zero-order valence-corrected chi connectivity index (χ0v) is 14.3. The summed E-state index contributed by atoms with van der Waals surface area (Å²) in [4.78, 5) is 13.5. The van der Waals surface area contributed by atoms with Crippen molar-refractivity contribution in [3.05, 3.63) is 48.0 Å². The number of nitrogens with one attached hydrogen (secondary N) is 1. The van der Waals surface area contributed by atoms with Crippen molar-refractivity contribution >= 4 is 27.3 Å². The van der Waals surface area contributed by atoms with E-state index in [1.165, 1.54) is 17.0 Å². The maximum atomic E-state index is 12.7. The minimum Gasteiger partial charge on any atom is -0.491 e. The molecule has 2 aromatic carbocycles. The van der Waals surface area contributed by atoms with Gasteiger partial charge >= 0.3 is 0 Å². The molecule has 6 nitrogen and oxygen atoms in total. The van der Waals surface area contributed by atoms with Crippen LogP contribution in [-0.2, 0) is 14.8 Å². The van der Waals surface area contributed by atoms with E-state index in [2.05, 4.69) is 4.72 Å². The molecule has 1 heterocycles. The quantitative estimate of drug-likeness (QED) is 0.927. The van der Waals surface area contributed by atoms with Gasteiger partial charge in [0.15, 0.2) is 0 Å². The number of carbonyl (C=O) groups is 1. The zero-order valence-electron chi connectivity index (χ0n) is 13.4. The van der Waals surface area contributed by atoms with Crippen LogP contribution in [0.15, 0.2) is 47.4 Å². The molecule has 0 spiro atoms. The second kappa shape index (κ2) is 6.16. The van der Waals surface area contributed by atoms with Gasteiger partial charge < -0.3 is 9.64 Å². The number of benzene rings is 2. The number of fused-ring (bicyclic) bond motifs is 1. The van der Waals surface area contributed by atoms with Gasteiger partial charge in [-0.3, -0.25) is 9.52 Å². The van der Waals surface area contributed by atoms with Gasteiger partial charge in [-0.05, 0) is 36.8 Å². The van der Waals surface area contributed by atoms with E-state index in [9.17, 15) is 13.2 Å². The molecule has 7 heteroatoms. The predicted octanol–water partition coefficient (Wildman–Crippen LogP) is 2.54. The molecule has 1 amide bonds. The highest BCUT2D eigenvalue weighted by molar-refractivity contribution is 7.92. The molecule has 0 radical (unpaired) electrons. The average Bonchev–Trinajstić information content (AvgIpc) is 2.69. The van der Waals surface area contributed by atoms with E-state index in [-0.39, 0.29) is 23.8 Å². The third-order valence-corrected chi connectivity index (χ3v) is 5.30. The van der Waals surface area contributed by atoms with Gasteiger partial charge in [0, 0.05) is 7.05 Å². The Balaban J connectivity index is 1.99. The molecule has 3 rings (SSSR count). The van der Waals surface area contributed by atoms with E-state index in [4.69, 9.17) is 4.74 Å². The summed E-state index contributed by atoms with van der Waals surface area (Å²) in [5, 5.41) is 0. The molecular formula is C17H18N2O4S. The van der Waals surface area contributed by atoms with Crippen LogP contribution < -0.4 is 14.4 Å². The van der Waals surface area contributed by atoms with E-state index in [1.54, 1.807) is 25.2 Å². The van der Waals surface area contributed by atoms with Crippen LogP contribution in [0.3, 0.4) is 0 Å². The molecule has 0 bridgehead atoms. The number of carbonyl (C=O) groups excluding carboxylic acids is 1. The zero-order chi connectivity index (χ0) is 17.3. The fourth-order valence-electron chi connectivity index (χ4n) is 2.49. The highest BCUT2D eigenvalue weighted by atomic mass is 32.2. The van der Waals surface area contributed by atoms with Crippen LogP contribution in [0, 0.1) is 6.92 Å². The number of sulfonamides is 1. The van der Waals surface area contributed by atoms with Crippen LogP contribution >= 0.6 is 0 Å². The van der Waals surface area contributed by atoms with Gasteiger partial charge in [-0.2, -0.15) is 0 Å². The lowest BCUT2D eigenvalue weighted by Crippen LogP contribution is -2.25. The molecule has 0 saturated carbocycles. The van der Waals surface area contributed by atoms with Crippen molar-refractivity contribution in [2.45, 2.75) is 18.2 Å². The molecule has 0 atom stereocenters. The monoisotopic (exact) mass is 346 g/mol. The van der Waals surface area contributed by atoms with Gasteiger partial charge in [-0.25, -0.2) is 8.42 Å². The molecule has 1 aliphatic heterocycles. The number of rotatable bonds is 3. The highest BCUT2D eigenvalue weighted by Gasteiger charge is 2.23. The number of nitrogens with zero attached hydrogens (tertiary/aromatic N) is 1. The molecule has 0 aliphatic carbocycles. The molecule has 0 saturated heterocycles. The first kappa shape index (κ1) is 16.3. The highest BCUT2D eigenvalue weighted by Crippen LogP contribution is 2.33. The molecule has 2 aromatic rings. The lowest BCUT2D eigenvalue weighted by Gasteiger charge is -2.18. The van der Waals surface area contributed by atoms with Gasteiger partial charge in [0.05, 0.1) is 29.3 Å². The number of ether oxygens (including phenoxy) is 1. The van der Waals surface area contributed by atoms with Crippen LogP contribution in [-0.4, -0.2) is 28.0 Å². The molecule has 24 heavy (non-hydrogen) atoms. The minimum atomic E-state index is -3.77. The normalized spacial score (nSPS) is 14.6. The van der Waals surface area contributed by atoms with E-state index < -0.39 is 10.0 Å². The fraction of sp³-hybridized carbons (Fsp3) is 0.235. The molecule has 0 unspecified atom stereocenters. The summed E-state index contributed by atoms with van der Waals surface area (Å²) in [6, 6.07) is 11.7. The molecule has 0 aromatic heterocycles. The number of hydrogen-bond donors (Lipinski definition) is 1. The van der Waals surface area contributed by atoms with Crippen molar-refractivity contribution in [3.63, 3.8) is 0 Å². The first-order valence-electron chi connectivity index (χ1n) is 7.50.